The average molecular weight is 383 g/mol. The van der Waals surface area contributed by atoms with Crippen molar-refractivity contribution in [1.82, 2.24) is 25.4 Å². The zero-order chi connectivity index (χ0) is 19.9. The van der Waals surface area contributed by atoms with Crippen LogP contribution in [0.2, 0.25) is 0 Å². The minimum atomic E-state index is 0.329. The first-order valence-electron chi connectivity index (χ1n) is 10.6. The molecule has 0 saturated heterocycles. The molecule has 1 aromatic heterocycles. The summed E-state index contributed by atoms with van der Waals surface area (Å²) in [7, 11) is 0. The number of guanidine groups is 1. The fraction of sp³-hybridized carbons (Fsp3) is 0.591. The number of benzene rings is 1. The van der Waals surface area contributed by atoms with E-state index in [1.54, 1.807) is 0 Å². The van der Waals surface area contributed by atoms with Crippen LogP contribution in [-0.4, -0.2) is 39.9 Å². The van der Waals surface area contributed by atoms with Crippen molar-refractivity contribution < 1.29 is 0 Å². The molecule has 2 heterocycles. The van der Waals surface area contributed by atoms with E-state index in [0.29, 0.717) is 12.0 Å². The first kappa shape index (κ1) is 20.4. The second-order valence-electron chi connectivity index (χ2n) is 7.78. The molecule has 0 saturated carbocycles. The van der Waals surface area contributed by atoms with E-state index in [1.165, 1.54) is 11.1 Å². The Labute approximate surface area is 168 Å². The summed E-state index contributed by atoms with van der Waals surface area (Å²) < 4.78 is 2.06. The number of nitrogens with one attached hydrogen (secondary N) is 2. The smallest absolute Gasteiger partial charge is 0.191 e. The van der Waals surface area contributed by atoms with Crippen LogP contribution in [0.3, 0.4) is 0 Å². The van der Waals surface area contributed by atoms with Crippen LogP contribution in [0.1, 0.15) is 62.8 Å². The predicted octanol–water partition coefficient (Wildman–Crippen LogP) is 3.08. The zero-order valence-corrected chi connectivity index (χ0v) is 17.7. The largest absolute Gasteiger partial charge is 0.357 e. The molecule has 3 rings (SSSR count). The average Bonchev–Trinajstić information content (AvgIpc) is 3.12. The van der Waals surface area contributed by atoms with Crippen molar-refractivity contribution in [2.75, 3.05) is 13.1 Å². The Balaban J connectivity index is 1.56. The fourth-order valence-corrected chi connectivity index (χ4v) is 3.44. The molecule has 1 atom stereocenters. The monoisotopic (exact) mass is 382 g/mol. The van der Waals surface area contributed by atoms with Gasteiger partial charge < -0.3 is 10.6 Å². The maximum atomic E-state index is 4.78. The molecule has 0 aliphatic carbocycles. The molecule has 0 fully saturated rings. The van der Waals surface area contributed by atoms with E-state index in [0.717, 1.165) is 62.9 Å². The topological polar surface area (TPSA) is 67.1 Å². The molecule has 0 radical (unpaired) electrons. The minimum absolute atomic E-state index is 0.329. The molecule has 6 nitrogen and oxygen atoms in total. The normalized spacial score (nSPS) is 16.9. The lowest BCUT2D eigenvalue weighted by atomic mass is 10.1. The van der Waals surface area contributed by atoms with Crippen LogP contribution in [0.4, 0.5) is 0 Å². The summed E-state index contributed by atoms with van der Waals surface area (Å²) in [6.45, 7) is 11.1. The number of hydrogen-bond donors (Lipinski definition) is 2. The Morgan fingerprint density at radius 3 is 2.64 bits per heavy atom. The van der Waals surface area contributed by atoms with Gasteiger partial charge in [0.2, 0.25) is 0 Å². The maximum absolute atomic E-state index is 4.78. The van der Waals surface area contributed by atoms with Crippen molar-refractivity contribution in [3.63, 3.8) is 0 Å². The molecule has 0 amide bonds. The molecule has 6 heteroatoms. The van der Waals surface area contributed by atoms with Gasteiger partial charge in [-0.25, -0.2) is 9.67 Å². The predicted molar refractivity (Wildman–Crippen MR) is 115 cm³/mol. The number of nitrogens with zero attached hydrogens (tertiary/aromatic N) is 4. The van der Waals surface area contributed by atoms with Gasteiger partial charge in [0, 0.05) is 31.5 Å². The number of fused-ring (bicyclic) bond motifs is 1. The summed E-state index contributed by atoms with van der Waals surface area (Å²) in [6, 6.07) is 9.19. The van der Waals surface area contributed by atoms with Gasteiger partial charge in [-0.3, -0.25) is 4.99 Å². The molecule has 0 spiro atoms. The van der Waals surface area contributed by atoms with E-state index < -0.39 is 0 Å². The number of aliphatic imine (C=N–C) groups is 1. The highest BCUT2D eigenvalue weighted by Crippen LogP contribution is 2.17. The first-order valence-corrected chi connectivity index (χ1v) is 10.6. The van der Waals surface area contributed by atoms with Gasteiger partial charge >= 0.3 is 0 Å². The highest BCUT2D eigenvalue weighted by molar-refractivity contribution is 5.80. The highest BCUT2D eigenvalue weighted by Gasteiger charge is 2.23. The van der Waals surface area contributed by atoms with Gasteiger partial charge in [-0.15, -0.1) is 0 Å². The first-order chi connectivity index (χ1) is 13.6. The number of aromatic nitrogens is 3. The summed E-state index contributed by atoms with van der Waals surface area (Å²) in [5, 5.41) is 11.6. The van der Waals surface area contributed by atoms with Crippen molar-refractivity contribution in [3.8, 4) is 0 Å². The molecule has 28 heavy (non-hydrogen) atoms. The Morgan fingerprint density at radius 1 is 1.21 bits per heavy atom. The van der Waals surface area contributed by atoms with Crippen molar-refractivity contribution >= 4 is 5.96 Å². The van der Waals surface area contributed by atoms with Crippen molar-refractivity contribution in [1.29, 1.82) is 0 Å². The van der Waals surface area contributed by atoms with E-state index in [-0.39, 0.29) is 0 Å². The molecule has 2 N–H and O–H groups in total. The van der Waals surface area contributed by atoms with Crippen LogP contribution in [0.15, 0.2) is 29.3 Å². The van der Waals surface area contributed by atoms with E-state index in [9.17, 15) is 0 Å². The van der Waals surface area contributed by atoms with Gasteiger partial charge in [-0.2, -0.15) is 5.10 Å². The van der Waals surface area contributed by atoms with Crippen molar-refractivity contribution in [2.24, 2.45) is 4.99 Å². The summed E-state index contributed by atoms with van der Waals surface area (Å²) in [4.78, 5) is 9.46. The van der Waals surface area contributed by atoms with Crippen LogP contribution >= 0.6 is 0 Å². The summed E-state index contributed by atoms with van der Waals surface area (Å²) in [5.41, 5.74) is 2.72. The van der Waals surface area contributed by atoms with Gasteiger partial charge in [0.25, 0.3) is 0 Å². The van der Waals surface area contributed by atoms with Crippen LogP contribution in [0.25, 0.3) is 0 Å². The second-order valence-corrected chi connectivity index (χ2v) is 7.78. The van der Waals surface area contributed by atoms with Crippen LogP contribution in [0, 0.1) is 0 Å². The molecular weight excluding hydrogens is 348 g/mol. The van der Waals surface area contributed by atoms with Gasteiger partial charge in [-0.05, 0) is 37.3 Å². The van der Waals surface area contributed by atoms with E-state index in [1.807, 2.05) is 0 Å². The third-order valence-electron chi connectivity index (χ3n) is 5.18. The van der Waals surface area contributed by atoms with Gasteiger partial charge in [0.05, 0.1) is 6.54 Å². The fourth-order valence-electron chi connectivity index (χ4n) is 3.44. The van der Waals surface area contributed by atoms with Crippen LogP contribution in [-0.2, 0) is 25.8 Å². The van der Waals surface area contributed by atoms with Crippen LogP contribution in [0.5, 0.6) is 0 Å². The minimum Gasteiger partial charge on any atom is -0.357 e. The van der Waals surface area contributed by atoms with Crippen LogP contribution < -0.4 is 10.6 Å². The van der Waals surface area contributed by atoms with E-state index in [2.05, 4.69) is 77.4 Å². The molecule has 0 bridgehead atoms. The Morgan fingerprint density at radius 2 is 1.96 bits per heavy atom. The summed E-state index contributed by atoms with van der Waals surface area (Å²) in [5.74, 6) is 3.32. The van der Waals surface area contributed by atoms with Crippen molar-refractivity contribution in [2.45, 2.75) is 71.9 Å². The second kappa shape index (κ2) is 9.71. The molecule has 1 aliphatic heterocycles. The van der Waals surface area contributed by atoms with Gasteiger partial charge in [-0.1, -0.05) is 45.0 Å². The number of hydrogen-bond acceptors (Lipinski definition) is 3. The highest BCUT2D eigenvalue weighted by atomic mass is 15.4. The molecule has 152 valence electrons. The molecule has 1 aromatic carbocycles. The number of aryl methyl sites for hydroxylation is 2. The standard InChI is InChI=1S/C22H34N6/c1-5-17-7-9-18(10-8-17)13-14-24-22(23-6-2)25-19-11-12-20-26-21(16(3)4)27-28(20)15-19/h7-10,16,19H,5-6,11-15H2,1-4H3,(H2,23,24,25). The maximum Gasteiger partial charge on any atom is 0.191 e. The third kappa shape index (κ3) is 5.33. The lowest BCUT2D eigenvalue weighted by Gasteiger charge is -2.25. The zero-order valence-electron chi connectivity index (χ0n) is 17.7. The van der Waals surface area contributed by atoms with E-state index >= 15 is 0 Å². The third-order valence-corrected chi connectivity index (χ3v) is 5.18. The Kier molecular flexibility index (Phi) is 7.06. The number of rotatable bonds is 7. The quantitative estimate of drug-likeness (QED) is 0.570. The van der Waals surface area contributed by atoms with Gasteiger partial charge in [0.1, 0.15) is 5.82 Å². The Bertz CT molecular complexity index is 775. The molecular formula is C22H34N6. The molecule has 2 aromatic rings. The summed E-state index contributed by atoms with van der Waals surface area (Å²) in [6.07, 6.45) is 4.05. The molecule has 1 unspecified atom stereocenters. The van der Waals surface area contributed by atoms with E-state index in [4.69, 9.17) is 4.99 Å². The lowest BCUT2D eigenvalue weighted by Crippen LogP contribution is -2.47. The lowest BCUT2D eigenvalue weighted by molar-refractivity contribution is 0.391. The summed E-state index contributed by atoms with van der Waals surface area (Å²) >= 11 is 0. The SMILES string of the molecule is CCNC(=NCCc1ccc(CC)cc1)NC1CCc2nc(C(C)C)nn2C1. The molecule has 1 aliphatic rings. The van der Waals surface area contributed by atoms with Crippen molar-refractivity contribution in [3.05, 3.63) is 47.0 Å². The Hall–Kier alpha value is -2.37. The van der Waals surface area contributed by atoms with Gasteiger partial charge in [0.15, 0.2) is 11.8 Å².